The van der Waals surface area contributed by atoms with E-state index in [1.807, 2.05) is 5.32 Å². The predicted octanol–water partition coefficient (Wildman–Crippen LogP) is 5.09. The average Bonchev–Trinajstić information content (AvgIpc) is 3.10. The molecule has 0 saturated heterocycles. The number of carbonyl (C=O) groups excluding carboxylic acids is 2. The van der Waals surface area contributed by atoms with Gasteiger partial charge in [0.1, 0.15) is 5.60 Å². The first-order valence-electron chi connectivity index (χ1n) is 12.0. The van der Waals surface area contributed by atoms with Crippen molar-refractivity contribution in [2.75, 3.05) is 4.90 Å². The third-order valence-corrected chi connectivity index (χ3v) is 8.75. The Hall–Kier alpha value is -3.84. The van der Waals surface area contributed by atoms with Gasteiger partial charge >= 0.3 is 11.2 Å². The molecule has 13 heteroatoms. The molecule has 210 valence electrons. The highest BCUT2D eigenvalue weighted by Crippen LogP contribution is 2.53. The summed E-state index contributed by atoms with van der Waals surface area (Å²) in [6.45, 7) is 4.25. The number of carbonyl (C=O) groups is 2. The molecule has 10 nitrogen and oxygen atoms in total. The smallest absolute Gasteiger partial charge is 0.444 e. The number of alkyl carbamates (subject to hydrolysis) is 1. The molecule has 0 saturated carbocycles. The number of fused-ring (bicyclic) bond motifs is 1. The van der Waals surface area contributed by atoms with Crippen LogP contribution < -0.4 is 10.2 Å². The quantitative estimate of drug-likeness (QED) is 0.217. The fraction of sp³-hybridized carbons (Fsp3) is 0.259. The van der Waals surface area contributed by atoms with Crippen molar-refractivity contribution in [3.05, 3.63) is 105 Å². The Bertz CT molecular complexity index is 1580. The summed E-state index contributed by atoms with van der Waals surface area (Å²) in [6.07, 6.45) is -1.43. The SMILES string of the molecule is CC(C)(C)OC(=O)N[C@]1(C(F)([N+](=O)[O-])S(=O)(=O)c2ccccc2)C(=O)N(Cc2ccccc2)c2ccc(Br)cc21. The largest absolute Gasteiger partial charge is 0.499 e. The number of amides is 2. The van der Waals surface area contributed by atoms with Gasteiger partial charge in [-0.1, -0.05) is 64.5 Å². The van der Waals surface area contributed by atoms with Crippen molar-refractivity contribution in [2.45, 2.75) is 48.5 Å². The van der Waals surface area contributed by atoms with Gasteiger partial charge in [0.2, 0.25) is 0 Å². The lowest BCUT2D eigenvalue weighted by molar-refractivity contribution is -0.585. The minimum absolute atomic E-state index is 0.0275. The first-order valence-corrected chi connectivity index (χ1v) is 14.2. The van der Waals surface area contributed by atoms with Crippen LogP contribution in [-0.2, 0) is 31.5 Å². The van der Waals surface area contributed by atoms with Gasteiger partial charge in [0.25, 0.3) is 21.3 Å². The number of nitro groups is 1. The Morgan fingerprint density at radius 3 is 2.20 bits per heavy atom. The molecule has 4 rings (SSSR count). The molecule has 0 radical (unpaired) electrons. The minimum atomic E-state index is -5.61. The number of sulfone groups is 1. The summed E-state index contributed by atoms with van der Waals surface area (Å²) in [6, 6.07) is 18.4. The van der Waals surface area contributed by atoms with E-state index in [1.54, 1.807) is 30.3 Å². The molecule has 0 aromatic heterocycles. The van der Waals surface area contributed by atoms with Crippen molar-refractivity contribution in [2.24, 2.45) is 0 Å². The van der Waals surface area contributed by atoms with E-state index in [0.29, 0.717) is 5.56 Å². The number of nitrogens with one attached hydrogen (secondary N) is 1. The number of anilines is 1. The Labute approximate surface area is 238 Å². The maximum atomic E-state index is 17.5. The molecule has 0 aliphatic carbocycles. The monoisotopic (exact) mass is 633 g/mol. The third kappa shape index (κ3) is 4.73. The Balaban J connectivity index is 2.07. The molecule has 3 aromatic carbocycles. The zero-order valence-electron chi connectivity index (χ0n) is 21.6. The number of benzene rings is 3. The molecule has 40 heavy (non-hydrogen) atoms. The average molecular weight is 634 g/mol. The predicted molar refractivity (Wildman–Crippen MR) is 147 cm³/mol. The topological polar surface area (TPSA) is 136 Å². The molecule has 1 aliphatic rings. The number of ether oxygens (including phenoxy) is 1. The number of hydrogen-bond donors (Lipinski definition) is 1. The number of halogens is 2. The Morgan fingerprint density at radius 2 is 1.65 bits per heavy atom. The molecule has 0 fully saturated rings. The molecular weight excluding hydrogens is 609 g/mol. The summed E-state index contributed by atoms with van der Waals surface area (Å²) in [5.41, 5.74) is -4.47. The number of alkyl halides is 1. The van der Waals surface area contributed by atoms with E-state index in [1.165, 1.54) is 57.2 Å². The molecular formula is C27H25BrFN3O7S. The lowest BCUT2D eigenvalue weighted by Gasteiger charge is -2.35. The summed E-state index contributed by atoms with van der Waals surface area (Å²) in [4.78, 5) is 38.8. The van der Waals surface area contributed by atoms with Crippen LogP contribution in [0, 0.1) is 10.1 Å². The van der Waals surface area contributed by atoms with Crippen molar-refractivity contribution in [3.63, 3.8) is 0 Å². The van der Waals surface area contributed by atoms with Gasteiger partial charge in [0, 0.05) is 10.0 Å². The fourth-order valence-corrected chi connectivity index (χ4v) is 6.58. The van der Waals surface area contributed by atoms with Crippen LogP contribution in [-0.4, -0.2) is 36.1 Å². The maximum absolute atomic E-state index is 17.5. The van der Waals surface area contributed by atoms with Gasteiger partial charge in [-0.05, 0) is 56.7 Å². The van der Waals surface area contributed by atoms with Crippen LogP contribution in [0.5, 0.6) is 0 Å². The summed E-state index contributed by atoms with van der Waals surface area (Å²) in [7, 11) is -5.61. The van der Waals surface area contributed by atoms with Crippen LogP contribution in [0.1, 0.15) is 31.9 Å². The molecule has 1 unspecified atom stereocenters. The second-order valence-corrected chi connectivity index (χ2v) is 13.0. The van der Waals surface area contributed by atoms with Gasteiger partial charge in [-0.2, -0.15) is 0 Å². The molecule has 3 aromatic rings. The second kappa shape index (κ2) is 10.3. The summed E-state index contributed by atoms with van der Waals surface area (Å²) in [5, 5.41) is 10.1. The van der Waals surface area contributed by atoms with Crippen LogP contribution in [0.3, 0.4) is 0 Å². The summed E-state index contributed by atoms with van der Waals surface area (Å²) in [5.74, 6) is -1.37. The maximum Gasteiger partial charge on any atom is 0.499 e. The molecule has 0 bridgehead atoms. The van der Waals surface area contributed by atoms with Crippen LogP contribution in [0.2, 0.25) is 0 Å². The van der Waals surface area contributed by atoms with E-state index < -0.39 is 53.5 Å². The number of rotatable bonds is 7. The summed E-state index contributed by atoms with van der Waals surface area (Å²) < 4.78 is 50.7. The zero-order valence-corrected chi connectivity index (χ0v) is 24.0. The molecule has 1 heterocycles. The second-order valence-electron chi connectivity index (χ2n) is 10.1. The lowest BCUT2D eigenvalue weighted by atomic mass is 9.89. The van der Waals surface area contributed by atoms with Crippen molar-refractivity contribution < 1.29 is 32.1 Å². The third-order valence-electron chi connectivity index (χ3n) is 6.20. The van der Waals surface area contributed by atoms with Crippen molar-refractivity contribution >= 4 is 43.5 Å². The first-order chi connectivity index (χ1) is 18.6. The van der Waals surface area contributed by atoms with Gasteiger partial charge < -0.3 is 9.64 Å². The van der Waals surface area contributed by atoms with Crippen molar-refractivity contribution in [1.82, 2.24) is 5.32 Å². The highest BCUT2D eigenvalue weighted by Gasteiger charge is 2.81. The van der Waals surface area contributed by atoms with Crippen LogP contribution in [0.15, 0.2) is 88.2 Å². The standard InChI is InChI=1S/C27H25BrFN3O7S/c1-25(2,3)39-24(34)30-26(27(29,32(35)36)40(37,38)20-12-8-5-9-13-20)21-16-19(28)14-15-22(21)31(23(26)33)17-18-10-6-4-7-11-18/h4-16H,17H2,1-3H3,(H,30,34)/t26-,27?/m0/s1. The van der Waals surface area contributed by atoms with Crippen molar-refractivity contribution in [3.8, 4) is 0 Å². The molecule has 0 spiro atoms. The van der Waals surface area contributed by atoms with Gasteiger partial charge in [0.05, 0.1) is 22.1 Å². The van der Waals surface area contributed by atoms with Crippen LogP contribution >= 0.6 is 15.9 Å². The van der Waals surface area contributed by atoms with Crippen molar-refractivity contribution in [1.29, 1.82) is 0 Å². The minimum Gasteiger partial charge on any atom is -0.444 e. The van der Waals surface area contributed by atoms with E-state index in [0.717, 1.165) is 17.0 Å². The van der Waals surface area contributed by atoms with Crippen LogP contribution in [0.4, 0.5) is 14.9 Å². The summed E-state index contributed by atoms with van der Waals surface area (Å²) >= 11 is 3.22. The van der Waals surface area contributed by atoms with Gasteiger partial charge in [-0.15, -0.1) is 4.39 Å². The Kier molecular flexibility index (Phi) is 7.50. The fourth-order valence-electron chi connectivity index (χ4n) is 4.54. The van der Waals surface area contributed by atoms with E-state index in [2.05, 4.69) is 15.9 Å². The highest BCUT2D eigenvalue weighted by molar-refractivity contribution is 9.10. The lowest BCUT2D eigenvalue weighted by Crippen LogP contribution is -2.70. The van der Waals surface area contributed by atoms with Crippen LogP contribution in [0.25, 0.3) is 0 Å². The van der Waals surface area contributed by atoms with Gasteiger partial charge in [0.15, 0.2) is 0 Å². The zero-order chi connectivity index (χ0) is 29.5. The highest BCUT2D eigenvalue weighted by atomic mass is 79.9. The van der Waals surface area contributed by atoms with E-state index in [9.17, 15) is 28.1 Å². The first kappa shape index (κ1) is 29.2. The van der Waals surface area contributed by atoms with E-state index in [-0.39, 0.29) is 16.7 Å². The van der Waals surface area contributed by atoms with Gasteiger partial charge in [-0.25, -0.2) is 13.2 Å². The normalized spacial score (nSPS) is 18.5. The number of nitrogens with zero attached hydrogens (tertiary/aromatic N) is 2. The molecule has 2 atom stereocenters. The molecule has 1 aliphatic heterocycles. The van der Waals surface area contributed by atoms with E-state index in [4.69, 9.17) is 4.74 Å². The number of hydrogen-bond acceptors (Lipinski definition) is 7. The molecule has 2 amide bonds. The van der Waals surface area contributed by atoms with E-state index >= 15 is 4.39 Å². The Morgan fingerprint density at radius 1 is 1.07 bits per heavy atom. The van der Waals surface area contributed by atoms with Gasteiger partial charge in [-0.3, -0.25) is 20.2 Å². The molecule has 1 N–H and O–H groups in total.